The molecule has 0 amide bonds. The molecule has 0 radical (unpaired) electrons. The number of anilines is 1. The summed E-state index contributed by atoms with van der Waals surface area (Å²) in [7, 11) is 0. The van der Waals surface area contributed by atoms with E-state index in [1.54, 1.807) is 0 Å². The molecule has 3 heteroatoms. The van der Waals surface area contributed by atoms with Crippen LogP contribution in [-0.2, 0) is 4.74 Å². The molecule has 1 heterocycles. The Morgan fingerprint density at radius 2 is 2.06 bits per heavy atom. The molecule has 1 aliphatic heterocycles. The fourth-order valence-corrected chi connectivity index (χ4v) is 2.35. The smallest absolute Gasteiger partial charge is 0.119 e. The van der Waals surface area contributed by atoms with E-state index in [0.717, 1.165) is 31.6 Å². The summed E-state index contributed by atoms with van der Waals surface area (Å²) in [6.07, 6.45) is 3.70. The molecular formula is C15H23NO2. The lowest BCUT2D eigenvalue weighted by atomic mass is 10.0. The Morgan fingerprint density at radius 3 is 2.72 bits per heavy atom. The highest BCUT2D eigenvalue weighted by molar-refractivity contribution is 5.47. The van der Waals surface area contributed by atoms with Crippen LogP contribution in [0.2, 0.25) is 0 Å². The molecule has 1 saturated heterocycles. The van der Waals surface area contributed by atoms with E-state index in [2.05, 4.69) is 24.4 Å². The van der Waals surface area contributed by atoms with Gasteiger partial charge in [-0.05, 0) is 50.5 Å². The average Bonchev–Trinajstić information content (AvgIpc) is 2.42. The predicted octanol–water partition coefficient (Wildman–Crippen LogP) is 3.45. The van der Waals surface area contributed by atoms with E-state index < -0.39 is 0 Å². The molecule has 18 heavy (non-hydrogen) atoms. The van der Waals surface area contributed by atoms with Gasteiger partial charge in [-0.1, -0.05) is 6.92 Å². The van der Waals surface area contributed by atoms with Crippen LogP contribution in [-0.4, -0.2) is 25.4 Å². The first-order chi connectivity index (χ1) is 8.81. The largest absolute Gasteiger partial charge is 0.494 e. The Hall–Kier alpha value is -1.22. The molecular weight excluding hydrogens is 226 g/mol. The number of nitrogens with one attached hydrogen (secondary N) is 1. The van der Waals surface area contributed by atoms with Gasteiger partial charge in [0.1, 0.15) is 5.75 Å². The molecule has 1 N–H and O–H groups in total. The molecule has 1 aliphatic rings. The zero-order chi connectivity index (χ0) is 12.8. The Kier molecular flexibility index (Phi) is 4.88. The summed E-state index contributed by atoms with van der Waals surface area (Å²) in [5, 5.41) is 3.58. The van der Waals surface area contributed by atoms with E-state index in [-0.39, 0.29) is 0 Å². The van der Waals surface area contributed by atoms with Gasteiger partial charge in [0.25, 0.3) is 0 Å². The first-order valence-corrected chi connectivity index (χ1v) is 6.92. The van der Waals surface area contributed by atoms with Gasteiger partial charge < -0.3 is 14.8 Å². The first kappa shape index (κ1) is 13.2. The molecule has 2 atom stereocenters. The number of ether oxygens (including phenoxy) is 2. The summed E-state index contributed by atoms with van der Waals surface area (Å²) in [5.41, 5.74) is 1.17. The third kappa shape index (κ3) is 3.64. The minimum Gasteiger partial charge on any atom is -0.494 e. The van der Waals surface area contributed by atoms with Gasteiger partial charge in [0.2, 0.25) is 0 Å². The minimum absolute atomic E-state index is 0.416. The second kappa shape index (κ2) is 6.64. The third-order valence-corrected chi connectivity index (χ3v) is 3.36. The van der Waals surface area contributed by atoms with E-state index in [1.165, 1.54) is 5.69 Å². The van der Waals surface area contributed by atoms with Crippen LogP contribution < -0.4 is 10.1 Å². The van der Waals surface area contributed by atoms with Crippen molar-refractivity contribution in [3.05, 3.63) is 24.3 Å². The minimum atomic E-state index is 0.416. The molecule has 0 bridgehead atoms. The lowest BCUT2D eigenvalue weighted by molar-refractivity contribution is 0.00925. The van der Waals surface area contributed by atoms with Crippen LogP contribution in [0.4, 0.5) is 5.69 Å². The Balaban J connectivity index is 1.88. The zero-order valence-corrected chi connectivity index (χ0v) is 11.3. The molecule has 100 valence electrons. The van der Waals surface area contributed by atoms with E-state index >= 15 is 0 Å². The second-order valence-electron chi connectivity index (χ2n) is 4.72. The van der Waals surface area contributed by atoms with Crippen molar-refractivity contribution in [2.45, 2.75) is 45.3 Å². The Morgan fingerprint density at radius 1 is 1.28 bits per heavy atom. The number of rotatable bonds is 5. The highest BCUT2D eigenvalue weighted by atomic mass is 16.5. The summed E-state index contributed by atoms with van der Waals surface area (Å²) in [6, 6.07) is 8.73. The molecule has 0 aliphatic carbocycles. The number of hydrogen-bond donors (Lipinski definition) is 1. The summed E-state index contributed by atoms with van der Waals surface area (Å²) >= 11 is 0. The topological polar surface area (TPSA) is 30.5 Å². The quantitative estimate of drug-likeness (QED) is 0.867. The standard InChI is InChI=1S/C15H23NO2/c1-3-14-11-13(9-10-18-14)16-12-5-7-15(8-6-12)17-4-2/h5-8,13-14,16H,3-4,9-11H2,1-2H3. The lowest BCUT2D eigenvalue weighted by Gasteiger charge is -2.30. The first-order valence-electron chi connectivity index (χ1n) is 6.92. The average molecular weight is 249 g/mol. The van der Waals surface area contributed by atoms with Crippen molar-refractivity contribution in [1.29, 1.82) is 0 Å². The van der Waals surface area contributed by atoms with Crippen LogP contribution in [0.25, 0.3) is 0 Å². The zero-order valence-electron chi connectivity index (χ0n) is 11.3. The van der Waals surface area contributed by atoms with Crippen molar-refractivity contribution < 1.29 is 9.47 Å². The van der Waals surface area contributed by atoms with E-state index in [0.29, 0.717) is 18.8 Å². The van der Waals surface area contributed by atoms with Gasteiger partial charge in [-0.2, -0.15) is 0 Å². The molecule has 2 unspecified atom stereocenters. The van der Waals surface area contributed by atoms with Gasteiger partial charge >= 0.3 is 0 Å². The molecule has 0 saturated carbocycles. The Labute approximate surface area is 109 Å². The molecule has 1 aromatic carbocycles. The van der Waals surface area contributed by atoms with Gasteiger partial charge in [-0.15, -0.1) is 0 Å². The predicted molar refractivity (Wildman–Crippen MR) is 74.3 cm³/mol. The van der Waals surface area contributed by atoms with Crippen LogP contribution in [0.3, 0.4) is 0 Å². The second-order valence-corrected chi connectivity index (χ2v) is 4.72. The van der Waals surface area contributed by atoms with E-state index in [4.69, 9.17) is 9.47 Å². The maximum absolute atomic E-state index is 5.69. The summed E-state index contributed by atoms with van der Waals surface area (Å²) in [6.45, 7) is 5.77. The highest BCUT2D eigenvalue weighted by Gasteiger charge is 2.20. The van der Waals surface area contributed by atoms with E-state index in [1.807, 2.05) is 19.1 Å². The van der Waals surface area contributed by atoms with Gasteiger partial charge in [0, 0.05) is 18.3 Å². The molecule has 2 rings (SSSR count). The molecule has 0 aromatic heterocycles. The van der Waals surface area contributed by atoms with Crippen LogP contribution in [0.1, 0.15) is 33.1 Å². The van der Waals surface area contributed by atoms with Gasteiger partial charge in [0.15, 0.2) is 0 Å². The Bertz CT molecular complexity index is 350. The van der Waals surface area contributed by atoms with Gasteiger partial charge in [-0.3, -0.25) is 0 Å². The van der Waals surface area contributed by atoms with Crippen LogP contribution in [0.5, 0.6) is 5.75 Å². The van der Waals surface area contributed by atoms with Gasteiger partial charge in [0.05, 0.1) is 12.7 Å². The monoisotopic (exact) mass is 249 g/mol. The van der Waals surface area contributed by atoms with Crippen LogP contribution in [0, 0.1) is 0 Å². The van der Waals surface area contributed by atoms with Crippen LogP contribution >= 0.6 is 0 Å². The van der Waals surface area contributed by atoms with Crippen molar-refractivity contribution in [3.8, 4) is 5.75 Å². The molecule has 1 aromatic rings. The SMILES string of the molecule is CCOc1ccc(NC2CCOC(CC)C2)cc1. The van der Waals surface area contributed by atoms with Crippen molar-refractivity contribution in [2.24, 2.45) is 0 Å². The highest BCUT2D eigenvalue weighted by Crippen LogP contribution is 2.22. The summed E-state index contributed by atoms with van der Waals surface area (Å²) in [5.74, 6) is 0.932. The maximum Gasteiger partial charge on any atom is 0.119 e. The maximum atomic E-state index is 5.69. The summed E-state index contributed by atoms with van der Waals surface area (Å²) in [4.78, 5) is 0. The summed E-state index contributed by atoms with van der Waals surface area (Å²) < 4.78 is 11.1. The van der Waals surface area contributed by atoms with Crippen molar-refractivity contribution in [1.82, 2.24) is 0 Å². The van der Waals surface area contributed by atoms with E-state index in [9.17, 15) is 0 Å². The normalized spacial score (nSPS) is 23.7. The van der Waals surface area contributed by atoms with Crippen molar-refractivity contribution in [3.63, 3.8) is 0 Å². The molecule has 1 fully saturated rings. The van der Waals surface area contributed by atoms with Gasteiger partial charge in [-0.25, -0.2) is 0 Å². The fraction of sp³-hybridized carbons (Fsp3) is 0.600. The number of hydrogen-bond acceptors (Lipinski definition) is 3. The third-order valence-electron chi connectivity index (χ3n) is 3.36. The fourth-order valence-electron chi connectivity index (χ4n) is 2.35. The van der Waals surface area contributed by atoms with Crippen molar-refractivity contribution in [2.75, 3.05) is 18.5 Å². The molecule has 3 nitrogen and oxygen atoms in total. The van der Waals surface area contributed by atoms with Crippen LogP contribution in [0.15, 0.2) is 24.3 Å². The lowest BCUT2D eigenvalue weighted by Crippen LogP contribution is -2.33. The van der Waals surface area contributed by atoms with Crippen molar-refractivity contribution >= 4 is 5.69 Å². The molecule has 0 spiro atoms. The number of benzene rings is 1.